The summed E-state index contributed by atoms with van der Waals surface area (Å²) in [7, 11) is 0. The quantitative estimate of drug-likeness (QED) is 0.641. The second kappa shape index (κ2) is 5.93. The summed E-state index contributed by atoms with van der Waals surface area (Å²) in [6.07, 6.45) is 0. The lowest BCUT2D eigenvalue weighted by Gasteiger charge is -2.47. The zero-order chi connectivity index (χ0) is 16.5. The Morgan fingerprint density at radius 3 is 1.92 bits per heavy atom. The topological polar surface area (TPSA) is 20.3 Å². The van der Waals surface area contributed by atoms with E-state index in [0.717, 1.165) is 16.8 Å². The highest BCUT2D eigenvalue weighted by Gasteiger charge is 2.49. The van der Waals surface area contributed by atoms with Crippen LogP contribution in [-0.4, -0.2) is 5.91 Å². The summed E-state index contributed by atoms with van der Waals surface area (Å²) in [4.78, 5) is 14.7. The summed E-state index contributed by atoms with van der Waals surface area (Å²) in [6, 6.07) is 25.7. The van der Waals surface area contributed by atoms with Crippen LogP contribution in [0.3, 0.4) is 0 Å². The molecule has 0 saturated carbocycles. The molecule has 24 heavy (non-hydrogen) atoms. The van der Waals surface area contributed by atoms with E-state index in [2.05, 4.69) is 0 Å². The summed E-state index contributed by atoms with van der Waals surface area (Å²) in [6.45, 7) is 0. The number of carbonyl (C=O) groups excluding carboxylic acids is 1. The summed E-state index contributed by atoms with van der Waals surface area (Å²) in [5, 5.41) is 0. The van der Waals surface area contributed by atoms with E-state index in [1.165, 1.54) is 12.1 Å². The zero-order valence-corrected chi connectivity index (χ0v) is 13.0. The van der Waals surface area contributed by atoms with Gasteiger partial charge in [0.1, 0.15) is 5.82 Å². The Hall–Kier alpha value is -2.94. The van der Waals surface area contributed by atoms with Crippen LogP contribution < -0.4 is 4.90 Å². The van der Waals surface area contributed by atoms with Gasteiger partial charge in [0.2, 0.25) is 5.91 Å². The highest BCUT2D eigenvalue weighted by molar-refractivity contribution is 6.06. The van der Waals surface area contributed by atoms with Crippen LogP contribution in [0.25, 0.3) is 0 Å². The van der Waals surface area contributed by atoms with Gasteiger partial charge in [-0.3, -0.25) is 4.79 Å². The van der Waals surface area contributed by atoms with Crippen molar-refractivity contribution in [2.24, 2.45) is 0 Å². The number of β-lactam (4-membered cyclic amide) rings is 1. The number of hydrogen-bond acceptors (Lipinski definition) is 1. The molecule has 118 valence electrons. The summed E-state index contributed by atoms with van der Waals surface area (Å²) in [5.74, 6) is -0.439. The number of hydrogen-bond donors (Lipinski definition) is 0. The maximum Gasteiger partial charge on any atom is 0.237 e. The van der Waals surface area contributed by atoms with Gasteiger partial charge in [-0.25, -0.2) is 4.39 Å². The molecule has 1 saturated heterocycles. The molecule has 0 aromatic heterocycles. The van der Waals surface area contributed by atoms with E-state index in [0.29, 0.717) is 0 Å². The average Bonchev–Trinajstić information content (AvgIpc) is 2.62. The van der Waals surface area contributed by atoms with E-state index in [4.69, 9.17) is 0 Å². The first kappa shape index (κ1) is 14.6. The molecule has 0 unspecified atom stereocenters. The fraction of sp³-hybridized carbons (Fsp3) is 0.0952. The van der Waals surface area contributed by atoms with Gasteiger partial charge in [-0.05, 0) is 35.4 Å². The number of amides is 1. The number of halogens is 1. The molecule has 3 heteroatoms. The molecule has 0 radical (unpaired) electrons. The molecule has 0 spiro atoms. The van der Waals surface area contributed by atoms with Crippen molar-refractivity contribution in [1.29, 1.82) is 0 Å². The monoisotopic (exact) mass is 317 g/mol. The second-order valence-electron chi connectivity index (χ2n) is 5.93. The number of anilines is 1. The number of benzene rings is 3. The molecule has 4 rings (SSSR count). The smallest absolute Gasteiger partial charge is 0.237 e. The highest BCUT2D eigenvalue weighted by Crippen LogP contribution is 2.48. The van der Waals surface area contributed by atoms with Crippen LogP contribution in [0.5, 0.6) is 0 Å². The van der Waals surface area contributed by atoms with Crippen LogP contribution in [0.2, 0.25) is 0 Å². The van der Waals surface area contributed by atoms with Gasteiger partial charge in [0.25, 0.3) is 0 Å². The lowest BCUT2D eigenvalue weighted by molar-refractivity contribution is -0.126. The minimum absolute atomic E-state index is 0.0710. The van der Waals surface area contributed by atoms with Gasteiger partial charge >= 0.3 is 0 Å². The predicted octanol–water partition coefficient (Wildman–Crippen LogP) is 4.70. The first-order chi connectivity index (χ1) is 11.8. The first-order valence-electron chi connectivity index (χ1n) is 7.94. The molecule has 0 bridgehead atoms. The van der Waals surface area contributed by atoms with Crippen molar-refractivity contribution < 1.29 is 9.18 Å². The van der Waals surface area contributed by atoms with Gasteiger partial charge in [-0.15, -0.1) is 0 Å². The Labute approximate surface area is 140 Å². The normalized spacial score (nSPS) is 19.9. The van der Waals surface area contributed by atoms with Crippen LogP contribution in [0.15, 0.2) is 84.9 Å². The zero-order valence-electron chi connectivity index (χ0n) is 13.0. The van der Waals surface area contributed by atoms with Crippen molar-refractivity contribution in [3.63, 3.8) is 0 Å². The number of rotatable bonds is 3. The van der Waals surface area contributed by atoms with Gasteiger partial charge in [0.05, 0.1) is 12.0 Å². The Morgan fingerprint density at radius 1 is 0.708 bits per heavy atom. The van der Waals surface area contributed by atoms with Crippen molar-refractivity contribution in [3.05, 3.63) is 102 Å². The summed E-state index contributed by atoms with van der Waals surface area (Å²) in [5.41, 5.74) is 2.79. The van der Waals surface area contributed by atoms with E-state index in [1.54, 1.807) is 17.0 Å². The van der Waals surface area contributed by atoms with Crippen LogP contribution >= 0.6 is 0 Å². The minimum Gasteiger partial charge on any atom is -0.303 e. The Kier molecular flexibility index (Phi) is 3.62. The predicted molar refractivity (Wildman–Crippen MR) is 92.3 cm³/mol. The minimum atomic E-state index is -0.271. The Morgan fingerprint density at radius 2 is 1.29 bits per heavy atom. The molecule has 1 amide bonds. The maximum atomic E-state index is 13.3. The third-order valence-corrected chi connectivity index (χ3v) is 4.50. The second-order valence-corrected chi connectivity index (χ2v) is 5.93. The first-order valence-corrected chi connectivity index (χ1v) is 7.94. The molecule has 2 atom stereocenters. The molecule has 1 aliphatic heterocycles. The van der Waals surface area contributed by atoms with Crippen LogP contribution in [0, 0.1) is 5.82 Å². The van der Waals surface area contributed by atoms with Crippen LogP contribution in [0.1, 0.15) is 23.1 Å². The molecule has 1 fully saturated rings. The van der Waals surface area contributed by atoms with Gasteiger partial charge in [0.15, 0.2) is 0 Å². The van der Waals surface area contributed by atoms with E-state index in [9.17, 15) is 9.18 Å². The third-order valence-electron chi connectivity index (χ3n) is 4.50. The number of para-hydroxylation sites is 1. The van der Waals surface area contributed by atoms with E-state index in [1.807, 2.05) is 60.7 Å². The molecular weight excluding hydrogens is 301 g/mol. The average molecular weight is 317 g/mol. The number of carbonyl (C=O) groups is 1. The standard InChI is InChI=1S/C21H16FNO/c22-17-13-11-16(12-14-17)20-19(15-7-3-1-4-8-15)21(24)23(20)18-9-5-2-6-10-18/h1-14,19-20H/t19-,20+/m0/s1. The molecule has 2 nitrogen and oxygen atoms in total. The summed E-state index contributed by atoms with van der Waals surface area (Å²) < 4.78 is 13.3. The highest BCUT2D eigenvalue weighted by atomic mass is 19.1. The summed E-state index contributed by atoms with van der Waals surface area (Å²) >= 11 is 0. The van der Waals surface area contributed by atoms with E-state index < -0.39 is 0 Å². The van der Waals surface area contributed by atoms with Crippen molar-refractivity contribution in [2.45, 2.75) is 12.0 Å². The lowest BCUT2D eigenvalue weighted by Crippen LogP contribution is -2.53. The van der Waals surface area contributed by atoms with Gasteiger partial charge in [-0.1, -0.05) is 60.7 Å². The molecule has 3 aromatic carbocycles. The molecular formula is C21H16FNO. The van der Waals surface area contributed by atoms with Crippen molar-refractivity contribution in [1.82, 2.24) is 0 Å². The third kappa shape index (κ3) is 2.38. The molecule has 3 aromatic rings. The van der Waals surface area contributed by atoms with Crippen LogP contribution in [-0.2, 0) is 4.79 Å². The van der Waals surface area contributed by atoms with Gasteiger partial charge < -0.3 is 4.90 Å². The maximum absolute atomic E-state index is 13.3. The number of nitrogens with zero attached hydrogens (tertiary/aromatic N) is 1. The molecule has 0 aliphatic carbocycles. The van der Waals surface area contributed by atoms with Gasteiger partial charge in [0, 0.05) is 5.69 Å². The van der Waals surface area contributed by atoms with Crippen molar-refractivity contribution >= 4 is 11.6 Å². The Balaban J connectivity index is 1.78. The molecule has 1 aliphatic rings. The fourth-order valence-electron chi connectivity index (χ4n) is 3.35. The largest absolute Gasteiger partial charge is 0.303 e. The SMILES string of the molecule is O=C1[C@@H](c2ccccc2)[C@@H](c2ccc(F)cc2)N1c1ccccc1. The van der Waals surface area contributed by atoms with E-state index >= 15 is 0 Å². The Bertz CT molecular complexity index is 797. The van der Waals surface area contributed by atoms with E-state index in [-0.39, 0.29) is 23.7 Å². The molecule has 0 N–H and O–H groups in total. The van der Waals surface area contributed by atoms with Gasteiger partial charge in [-0.2, -0.15) is 0 Å². The van der Waals surface area contributed by atoms with Crippen molar-refractivity contribution in [2.75, 3.05) is 4.90 Å². The molecule has 1 heterocycles. The van der Waals surface area contributed by atoms with Crippen molar-refractivity contribution in [3.8, 4) is 0 Å². The fourth-order valence-corrected chi connectivity index (χ4v) is 3.35. The lowest BCUT2D eigenvalue weighted by atomic mass is 9.77. The van der Waals surface area contributed by atoms with Crippen LogP contribution in [0.4, 0.5) is 10.1 Å².